The molecule has 0 radical (unpaired) electrons. The van der Waals surface area contributed by atoms with Gasteiger partial charge in [-0.05, 0) is 30.0 Å². The summed E-state index contributed by atoms with van der Waals surface area (Å²) < 4.78 is 53.6. The summed E-state index contributed by atoms with van der Waals surface area (Å²) in [5.74, 6) is -2.75. The van der Waals surface area contributed by atoms with E-state index in [1.54, 1.807) is 6.92 Å². The fraction of sp³-hybridized carbons (Fsp3) is 0.538. The Bertz CT molecular complexity index is 594. The molecule has 0 saturated carbocycles. The van der Waals surface area contributed by atoms with Crippen molar-refractivity contribution in [3.8, 4) is 0 Å². The van der Waals surface area contributed by atoms with Gasteiger partial charge in [-0.2, -0.15) is 0 Å². The largest absolute Gasteiger partial charge is 0.392 e. The molecule has 1 rings (SSSR count). The van der Waals surface area contributed by atoms with Crippen molar-refractivity contribution in [2.24, 2.45) is 5.41 Å². The van der Waals surface area contributed by atoms with Crippen LogP contribution in [0.3, 0.4) is 0 Å². The lowest BCUT2D eigenvalue weighted by atomic mass is 9.89. The van der Waals surface area contributed by atoms with Crippen LogP contribution < -0.4 is 4.72 Å². The number of hydrogen-bond acceptors (Lipinski definition) is 3. The van der Waals surface area contributed by atoms with Crippen molar-refractivity contribution in [2.45, 2.75) is 45.2 Å². The summed E-state index contributed by atoms with van der Waals surface area (Å²) >= 11 is 0. The molecule has 0 fully saturated rings. The summed E-state index contributed by atoms with van der Waals surface area (Å²) in [5, 5.41) is 8.95. The van der Waals surface area contributed by atoms with Gasteiger partial charge in [0.25, 0.3) is 0 Å². The van der Waals surface area contributed by atoms with E-state index in [1.807, 2.05) is 20.8 Å². The van der Waals surface area contributed by atoms with Gasteiger partial charge in [0.05, 0.1) is 6.61 Å². The number of aliphatic hydroxyl groups excluding tert-OH is 1. The van der Waals surface area contributed by atoms with E-state index in [0.29, 0.717) is 0 Å². The Kier molecular flexibility index (Phi) is 4.89. The third kappa shape index (κ3) is 3.74. The van der Waals surface area contributed by atoms with Crippen LogP contribution in [0.1, 0.15) is 33.3 Å². The van der Waals surface area contributed by atoms with Crippen LogP contribution in [0.4, 0.5) is 8.78 Å². The van der Waals surface area contributed by atoms with Crippen LogP contribution in [0.25, 0.3) is 0 Å². The molecule has 0 bridgehead atoms. The molecule has 4 nitrogen and oxygen atoms in total. The maximum absolute atomic E-state index is 13.7. The minimum absolute atomic E-state index is 0.00677. The minimum atomic E-state index is -4.20. The molecule has 0 amide bonds. The zero-order chi connectivity index (χ0) is 15.7. The lowest BCUT2D eigenvalue weighted by Crippen LogP contribution is -2.41. The number of benzene rings is 1. The monoisotopic (exact) mass is 307 g/mol. The Morgan fingerprint density at radius 3 is 2.30 bits per heavy atom. The molecule has 0 aliphatic rings. The Labute approximate surface area is 117 Å². The van der Waals surface area contributed by atoms with Gasteiger partial charge in [-0.25, -0.2) is 21.9 Å². The zero-order valence-electron chi connectivity index (χ0n) is 11.9. The van der Waals surface area contributed by atoms with Crippen molar-refractivity contribution >= 4 is 10.0 Å². The predicted octanol–water partition coefficient (Wildman–Crippen LogP) is 2.17. The molecule has 0 spiro atoms. The van der Waals surface area contributed by atoms with Crippen LogP contribution in [0, 0.1) is 17.0 Å². The van der Waals surface area contributed by atoms with E-state index in [2.05, 4.69) is 4.72 Å². The van der Waals surface area contributed by atoms with Crippen molar-refractivity contribution in [2.75, 3.05) is 0 Å². The van der Waals surface area contributed by atoms with Gasteiger partial charge < -0.3 is 5.11 Å². The van der Waals surface area contributed by atoms with Gasteiger partial charge in [0, 0.05) is 6.04 Å². The molecule has 114 valence electrons. The van der Waals surface area contributed by atoms with E-state index in [1.165, 1.54) is 0 Å². The highest BCUT2D eigenvalue weighted by atomic mass is 32.2. The molecule has 7 heteroatoms. The van der Waals surface area contributed by atoms with Crippen LogP contribution in [0.15, 0.2) is 17.0 Å². The highest BCUT2D eigenvalue weighted by Gasteiger charge is 2.29. The Morgan fingerprint density at radius 2 is 1.85 bits per heavy atom. The van der Waals surface area contributed by atoms with E-state index in [4.69, 9.17) is 5.11 Å². The van der Waals surface area contributed by atoms with Crippen LogP contribution in [-0.4, -0.2) is 19.6 Å². The van der Waals surface area contributed by atoms with Crippen LogP contribution >= 0.6 is 0 Å². The molecule has 1 aromatic carbocycles. The molecule has 1 atom stereocenters. The standard InChI is InChI=1S/C13H19F2NO3S/c1-8(13(2,3)4)16-20(18,19)11-6-9(7-17)5-10(14)12(11)15/h5-6,8,16-17H,7H2,1-4H3. The average Bonchev–Trinajstić information content (AvgIpc) is 2.30. The predicted molar refractivity (Wildman–Crippen MR) is 71.5 cm³/mol. The molecular weight excluding hydrogens is 288 g/mol. The normalized spacial score (nSPS) is 14.3. The molecule has 1 aromatic rings. The lowest BCUT2D eigenvalue weighted by molar-refractivity contribution is 0.280. The molecule has 0 aromatic heterocycles. The second-order valence-corrected chi connectivity index (χ2v) is 7.44. The fourth-order valence-electron chi connectivity index (χ4n) is 1.38. The maximum atomic E-state index is 13.7. The van der Waals surface area contributed by atoms with Gasteiger partial charge in [0.1, 0.15) is 4.90 Å². The van der Waals surface area contributed by atoms with Crippen molar-refractivity contribution in [3.05, 3.63) is 29.3 Å². The molecule has 0 saturated heterocycles. The first kappa shape index (κ1) is 17.0. The van der Waals surface area contributed by atoms with Gasteiger partial charge >= 0.3 is 0 Å². The number of hydrogen-bond donors (Lipinski definition) is 2. The Balaban J connectivity index is 3.26. The molecule has 0 heterocycles. The van der Waals surface area contributed by atoms with E-state index in [9.17, 15) is 17.2 Å². The minimum Gasteiger partial charge on any atom is -0.392 e. The quantitative estimate of drug-likeness (QED) is 0.896. The summed E-state index contributed by atoms with van der Waals surface area (Å²) in [6.45, 7) is 6.53. The summed E-state index contributed by atoms with van der Waals surface area (Å²) in [7, 11) is -4.20. The van der Waals surface area contributed by atoms with Gasteiger partial charge in [-0.15, -0.1) is 0 Å². The second kappa shape index (κ2) is 5.75. The van der Waals surface area contributed by atoms with Crippen LogP contribution in [0.2, 0.25) is 0 Å². The van der Waals surface area contributed by atoms with Gasteiger partial charge in [0.2, 0.25) is 10.0 Å². The average molecular weight is 307 g/mol. The number of rotatable bonds is 4. The molecular formula is C13H19F2NO3S. The maximum Gasteiger partial charge on any atom is 0.243 e. The molecule has 0 aliphatic carbocycles. The number of sulfonamides is 1. The van der Waals surface area contributed by atoms with E-state index >= 15 is 0 Å². The Hall–Kier alpha value is -1.05. The van der Waals surface area contributed by atoms with Crippen LogP contribution in [-0.2, 0) is 16.6 Å². The van der Waals surface area contributed by atoms with E-state index < -0.39 is 39.2 Å². The Morgan fingerprint density at radius 1 is 1.30 bits per heavy atom. The molecule has 1 unspecified atom stereocenters. The summed E-state index contributed by atoms with van der Waals surface area (Å²) in [4.78, 5) is -0.794. The van der Waals surface area contributed by atoms with Crippen molar-refractivity contribution in [1.29, 1.82) is 0 Å². The molecule has 20 heavy (non-hydrogen) atoms. The first-order valence-electron chi connectivity index (χ1n) is 6.10. The fourth-order valence-corrected chi connectivity index (χ4v) is 2.96. The third-order valence-electron chi connectivity index (χ3n) is 3.16. The van der Waals surface area contributed by atoms with Crippen molar-refractivity contribution in [1.82, 2.24) is 4.72 Å². The first-order chi connectivity index (χ1) is 8.99. The SMILES string of the molecule is CC(NS(=O)(=O)c1cc(CO)cc(F)c1F)C(C)(C)C. The van der Waals surface area contributed by atoms with Gasteiger partial charge in [0.15, 0.2) is 11.6 Å². The second-order valence-electron chi connectivity index (χ2n) is 5.76. The van der Waals surface area contributed by atoms with Gasteiger partial charge in [-0.1, -0.05) is 20.8 Å². The zero-order valence-corrected chi connectivity index (χ0v) is 12.7. The van der Waals surface area contributed by atoms with E-state index in [-0.39, 0.29) is 11.0 Å². The molecule has 0 aliphatic heterocycles. The van der Waals surface area contributed by atoms with Crippen molar-refractivity contribution in [3.63, 3.8) is 0 Å². The number of halogens is 2. The summed E-state index contributed by atoms with van der Waals surface area (Å²) in [5.41, 5.74) is -0.385. The highest BCUT2D eigenvalue weighted by Crippen LogP contribution is 2.24. The summed E-state index contributed by atoms with van der Waals surface area (Å²) in [6.07, 6.45) is 0. The third-order valence-corrected chi connectivity index (χ3v) is 4.70. The smallest absolute Gasteiger partial charge is 0.243 e. The highest BCUT2D eigenvalue weighted by molar-refractivity contribution is 7.89. The van der Waals surface area contributed by atoms with Crippen LogP contribution in [0.5, 0.6) is 0 Å². The van der Waals surface area contributed by atoms with Gasteiger partial charge in [-0.3, -0.25) is 0 Å². The number of nitrogens with one attached hydrogen (secondary N) is 1. The van der Waals surface area contributed by atoms with Crippen molar-refractivity contribution < 1.29 is 22.3 Å². The number of aliphatic hydroxyl groups is 1. The lowest BCUT2D eigenvalue weighted by Gasteiger charge is -2.27. The topological polar surface area (TPSA) is 66.4 Å². The van der Waals surface area contributed by atoms with E-state index in [0.717, 1.165) is 12.1 Å². The summed E-state index contributed by atoms with van der Waals surface area (Å²) in [6, 6.07) is 1.21. The first-order valence-corrected chi connectivity index (χ1v) is 7.58. The molecule has 2 N–H and O–H groups in total.